The summed E-state index contributed by atoms with van der Waals surface area (Å²) in [7, 11) is 1.31. The molecule has 0 aromatic carbocycles. The third-order valence-electron chi connectivity index (χ3n) is 3.31. The van der Waals surface area contributed by atoms with E-state index in [1.165, 1.54) is 7.11 Å². The van der Waals surface area contributed by atoms with E-state index in [-0.39, 0.29) is 31.3 Å². The predicted molar refractivity (Wildman–Crippen MR) is 56.4 cm³/mol. The predicted octanol–water partition coefficient (Wildman–Crippen LogP) is 2.21. The number of ether oxygens (including phenoxy) is 1. The van der Waals surface area contributed by atoms with E-state index in [0.717, 1.165) is 0 Å². The van der Waals surface area contributed by atoms with E-state index in [0.29, 0.717) is 13.1 Å². The van der Waals surface area contributed by atoms with Crippen molar-refractivity contribution in [1.29, 1.82) is 0 Å². The van der Waals surface area contributed by atoms with Gasteiger partial charge in [-0.1, -0.05) is 0 Å². The standard InChI is InChI=1S/C11H18F3NO2/c1-8(7-10(16)17-2)15-5-3-9(4-6-15)11(12,13)14/h8-9H,3-7H2,1-2H3. The second-order valence-corrected chi connectivity index (χ2v) is 4.48. The normalized spacial score (nSPS) is 21.2. The number of rotatable bonds is 3. The molecule has 1 aliphatic rings. The Morgan fingerprint density at radius 3 is 2.35 bits per heavy atom. The van der Waals surface area contributed by atoms with Crippen LogP contribution in [0.2, 0.25) is 0 Å². The molecular formula is C11H18F3NO2. The second-order valence-electron chi connectivity index (χ2n) is 4.48. The number of alkyl halides is 3. The second kappa shape index (κ2) is 5.71. The smallest absolute Gasteiger partial charge is 0.391 e. The molecule has 1 heterocycles. The lowest BCUT2D eigenvalue weighted by molar-refractivity contribution is -0.186. The number of nitrogens with zero attached hydrogens (tertiary/aromatic N) is 1. The molecule has 6 heteroatoms. The Kier molecular flexibility index (Phi) is 4.80. The van der Waals surface area contributed by atoms with Gasteiger partial charge in [0.1, 0.15) is 0 Å². The first-order chi connectivity index (χ1) is 7.84. The molecule has 0 aromatic heterocycles. The van der Waals surface area contributed by atoms with Gasteiger partial charge in [-0.25, -0.2) is 0 Å². The van der Waals surface area contributed by atoms with E-state index in [1.54, 1.807) is 0 Å². The van der Waals surface area contributed by atoms with Crippen LogP contribution in [0.1, 0.15) is 26.2 Å². The molecular weight excluding hydrogens is 235 g/mol. The number of halogens is 3. The van der Waals surface area contributed by atoms with Gasteiger partial charge in [0.2, 0.25) is 0 Å². The lowest BCUT2D eigenvalue weighted by atomic mass is 9.95. The molecule has 1 atom stereocenters. The number of hydrogen-bond acceptors (Lipinski definition) is 3. The van der Waals surface area contributed by atoms with Gasteiger partial charge in [-0.05, 0) is 32.9 Å². The first-order valence-electron chi connectivity index (χ1n) is 5.72. The molecule has 1 saturated heterocycles. The molecule has 0 saturated carbocycles. The van der Waals surface area contributed by atoms with Crippen LogP contribution in [0.5, 0.6) is 0 Å². The van der Waals surface area contributed by atoms with Crippen molar-refractivity contribution in [3.63, 3.8) is 0 Å². The molecule has 0 spiro atoms. The topological polar surface area (TPSA) is 29.5 Å². The first kappa shape index (κ1) is 14.3. The zero-order valence-corrected chi connectivity index (χ0v) is 10.1. The lowest BCUT2D eigenvalue weighted by Crippen LogP contribution is -2.44. The van der Waals surface area contributed by atoms with Crippen LogP contribution >= 0.6 is 0 Å². The van der Waals surface area contributed by atoms with Gasteiger partial charge in [-0.15, -0.1) is 0 Å². The summed E-state index contributed by atoms with van der Waals surface area (Å²) in [6.45, 7) is 2.62. The molecule has 0 N–H and O–H groups in total. The fraction of sp³-hybridized carbons (Fsp3) is 0.909. The number of carbonyl (C=O) groups excluding carboxylic acids is 1. The lowest BCUT2D eigenvalue weighted by Gasteiger charge is -2.36. The summed E-state index contributed by atoms with van der Waals surface area (Å²) in [4.78, 5) is 13.0. The van der Waals surface area contributed by atoms with Gasteiger partial charge in [-0.2, -0.15) is 13.2 Å². The van der Waals surface area contributed by atoms with Crippen LogP contribution < -0.4 is 0 Å². The number of esters is 1. The van der Waals surface area contributed by atoms with E-state index >= 15 is 0 Å². The number of hydrogen-bond donors (Lipinski definition) is 0. The Morgan fingerprint density at radius 1 is 1.41 bits per heavy atom. The maximum atomic E-state index is 12.4. The molecule has 0 radical (unpaired) electrons. The summed E-state index contributed by atoms with van der Waals surface area (Å²) < 4.78 is 41.9. The van der Waals surface area contributed by atoms with Crippen molar-refractivity contribution in [3.8, 4) is 0 Å². The van der Waals surface area contributed by atoms with Crippen molar-refractivity contribution < 1.29 is 22.7 Å². The van der Waals surface area contributed by atoms with Crippen LogP contribution in [0.3, 0.4) is 0 Å². The molecule has 3 nitrogen and oxygen atoms in total. The molecule has 0 aliphatic carbocycles. The summed E-state index contributed by atoms with van der Waals surface area (Å²) in [5.41, 5.74) is 0. The van der Waals surface area contributed by atoms with Crippen LogP contribution in [0.15, 0.2) is 0 Å². The highest BCUT2D eigenvalue weighted by atomic mass is 19.4. The molecule has 17 heavy (non-hydrogen) atoms. The van der Waals surface area contributed by atoms with Crippen LogP contribution in [0.4, 0.5) is 13.2 Å². The zero-order valence-electron chi connectivity index (χ0n) is 10.1. The Hall–Kier alpha value is -0.780. The van der Waals surface area contributed by atoms with Crippen molar-refractivity contribution in [2.24, 2.45) is 5.92 Å². The number of carbonyl (C=O) groups is 1. The van der Waals surface area contributed by atoms with Crippen molar-refractivity contribution in [2.75, 3.05) is 20.2 Å². The number of likely N-dealkylation sites (tertiary alicyclic amines) is 1. The van der Waals surface area contributed by atoms with Gasteiger partial charge in [0.05, 0.1) is 19.4 Å². The average molecular weight is 253 g/mol. The molecule has 100 valence electrons. The van der Waals surface area contributed by atoms with E-state index in [1.807, 2.05) is 11.8 Å². The van der Waals surface area contributed by atoms with Crippen molar-refractivity contribution in [3.05, 3.63) is 0 Å². The summed E-state index contributed by atoms with van der Waals surface area (Å²) in [6, 6.07) is -0.0587. The van der Waals surface area contributed by atoms with Gasteiger partial charge >= 0.3 is 12.1 Å². The Morgan fingerprint density at radius 2 is 1.94 bits per heavy atom. The Labute approximate surface area is 98.9 Å². The summed E-state index contributed by atoms with van der Waals surface area (Å²) in [5, 5.41) is 0. The van der Waals surface area contributed by atoms with Gasteiger partial charge in [-0.3, -0.25) is 4.79 Å². The van der Waals surface area contributed by atoms with Crippen LogP contribution in [-0.4, -0.2) is 43.3 Å². The summed E-state index contributed by atoms with van der Waals surface area (Å²) in [5.74, 6) is -1.51. The van der Waals surface area contributed by atoms with E-state index in [9.17, 15) is 18.0 Å². The minimum absolute atomic E-state index is 0.0587. The van der Waals surface area contributed by atoms with E-state index in [4.69, 9.17) is 0 Å². The highest BCUT2D eigenvalue weighted by Crippen LogP contribution is 2.34. The molecule has 1 fully saturated rings. The SMILES string of the molecule is COC(=O)CC(C)N1CCC(C(F)(F)F)CC1. The maximum Gasteiger partial charge on any atom is 0.391 e. The third kappa shape index (κ3) is 4.18. The molecule has 1 unspecified atom stereocenters. The first-order valence-corrected chi connectivity index (χ1v) is 5.72. The molecule has 0 aromatic rings. The minimum atomic E-state index is -4.09. The fourth-order valence-corrected chi connectivity index (χ4v) is 2.12. The van der Waals surface area contributed by atoms with E-state index < -0.39 is 12.1 Å². The van der Waals surface area contributed by atoms with Crippen molar-refractivity contribution in [1.82, 2.24) is 4.90 Å². The van der Waals surface area contributed by atoms with Gasteiger partial charge in [0.15, 0.2) is 0 Å². The van der Waals surface area contributed by atoms with Crippen LogP contribution in [0.25, 0.3) is 0 Å². The monoisotopic (exact) mass is 253 g/mol. The largest absolute Gasteiger partial charge is 0.469 e. The van der Waals surface area contributed by atoms with Crippen LogP contribution in [-0.2, 0) is 9.53 Å². The minimum Gasteiger partial charge on any atom is -0.469 e. The van der Waals surface area contributed by atoms with Crippen LogP contribution in [0, 0.1) is 5.92 Å². The molecule has 0 amide bonds. The fourth-order valence-electron chi connectivity index (χ4n) is 2.12. The Bertz CT molecular complexity index is 260. The number of piperidine rings is 1. The summed E-state index contributed by atoms with van der Waals surface area (Å²) >= 11 is 0. The summed E-state index contributed by atoms with van der Waals surface area (Å²) in [6.07, 6.45) is -3.62. The molecule has 1 rings (SSSR count). The van der Waals surface area contributed by atoms with E-state index in [2.05, 4.69) is 4.74 Å². The van der Waals surface area contributed by atoms with Gasteiger partial charge in [0, 0.05) is 6.04 Å². The molecule has 0 bridgehead atoms. The molecule has 1 aliphatic heterocycles. The van der Waals surface area contributed by atoms with Crippen molar-refractivity contribution in [2.45, 2.75) is 38.4 Å². The zero-order chi connectivity index (χ0) is 13.1. The average Bonchev–Trinajstić information content (AvgIpc) is 2.27. The van der Waals surface area contributed by atoms with Gasteiger partial charge in [0.25, 0.3) is 0 Å². The van der Waals surface area contributed by atoms with Gasteiger partial charge < -0.3 is 9.64 Å². The number of methoxy groups -OCH3 is 1. The Balaban J connectivity index is 2.39. The highest BCUT2D eigenvalue weighted by Gasteiger charge is 2.41. The van der Waals surface area contributed by atoms with Crippen molar-refractivity contribution >= 4 is 5.97 Å². The quantitative estimate of drug-likeness (QED) is 0.722. The third-order valence-corrected chi connectivity index (χ3v) is 3.31. The highest BCUT2D eigenvalue weighted by molar-refractivity contribution is 5.69. The maximum absolute atomic E-state index is 12.4.